The van der Waals surface area contributed by atoms with Crippen LogP contribution in [0.5, 0.6) is 0 Å². The van der Waals surface area contributed by atoms with E-state index in [0.717, 1.165) is 12.5 Å². The average molecular weight is 239 g/mol. The van der Waals surface area contributed by atoms with Gasteiger partial charge in [-0.1, -0.05) is 27.2 Å². The predicted octanol–water partition coefficient (Wildman–Crippen LogP) is 4.53. The molecule has 0 amide bonds. The highest BCUT2D eigenvalue weighted by Crippen LogP contribution is 2.30. The molecule has 2 unspecified atom stereocenters. The fraction of sp³-hybridized carbons (Fsp3) is 0.714. The van der Waals surface area contributed by atoms with Crippen molar-refractivity contribution in [1.82, 2.24) is 5.32 Å². The second-order valence-electron chi connectivity index (χ2n) is 4.71. The summed E-state index contributed by atoms with van der Waals surface area (Å²) in [6.07, 6.45) is 3.78. The summed E-state index contributed by atoms with van der Waals surface area (Å²) in [5, 5.41) is 8.28. The molecular weight excluding hydrogens is 214 g/mol. The lowest BCUT2D eigenvalue weighted by Gasteiger charge is -2.25. The number of aryl methyl sites for hydroxylation is 1. The van der Waals surface area contributed by atoms with Gasteiger partial charge in [-0.2, -0.15) is 11.3 Å². The molecule has 1 rings (SSSR count). The van der Waals surface area contributed by atoms with E-state index in [0.29, 0.717) is 6.04 Å². The van der Waals surface area contributed by atoms with Crippen LogP contribution in [0.3, 0.4) is 0 Å². The monoisotopic (exact) mass is 239 g/mol. The molecule has 0 saturated carbocycles. The van der Waals surface area contributed by atoms with Crippen LogP contribution >= 0.6 is 11.3 Å². The van der Waals surface area contributed by atoms with Gasteiger partial charge in [0, 0.05) is 6.04 Å². The molecule has 1 nitrogen and oxygen atoms in total. The van der Waals surface area contributed by atoms with Crippen molar-refractivity contribution >= 4 is 11.3 Å². The van der Waals surface area contributed by atoms with Crippen molar-refractivity contribution in [3.63, 3.8) is 0 Å². The maximum Gasteiger partial charge on any atom is 0.0356 e. The van der Waals surface area contributed by atoms with E-state index in [-0.39, 0.29) is 0 Å². The molecule has 2 atom stereocenters. The van der Waals surface area contributed by atoms with Crippen LogP contribution in [0, 0.1) is 12.8 Å². The molecule has 0 saturated heterocycles. The molecule has 2 heteroatoms. The zero-order valence-corrected chi connectivity index (χ0v) is 11.9. The van der Waals surface area contributed by atoms with Gasteiger partial charge < -0.3 is 5.32 Å². The van der Waals surface area contributed by atoms with Crippen molar-refractivity contribution in [3.05, 3.63) is 21.9 Å². The van der Waals surface area contributed by atoms with Gasteiger partial charge in [-0.3, -0.25) is 0 Å². The van der Waals surface area contributed by atoms with E-state index in [4.69, 9.17) is 0 Å². The van der Waals surface area contributed by atoms with Crippen LogP contribution < -0.4 is 5.32 Å². The van der Waals surface area contributed by atoms with E-state index in [9.17, 15) is 0 Å². The van der Waals surface area contributed by atoms with Crippen molar-refractivity contribution in [2.45, 2.75) is 53.0 Å². The number of nitrogens with one attached hydrogen (secondary N) is 1. The van der Waals surface area contributed by atoms with Crippen LogP contribution in [0.4, 0.5) is 0 Å². The molecule has 92 valence electrons. The minimum absolute atomic E-state index is 0.547. The minimum atomic E-state index is 0.547. The van der Waals surface area contributed by atoms with Gasteiger partial charge in [0.1, 0.15) is 0 Å². The van der Waals surface area contributed by atoms with Crippen molar-refractivity contribution in [1.29, 1.82) is 0 Å². The lowest BCUT2D eigenvalue weighted by Crippen LogP contribution is -2.27. The topological polar surface area (TPSA) is 12.0 Å². The molecule has 0 aliphatic carbocycles. The fourth-order valence-electron chi connectivity index (χ4n) is 2.23. The highest BCUT2D eigenvalue weighted by molar-refractivity contribution is 7.08. The van der Waals surface area contributed by atoms with E-state index < -0.39 is 0 Å². The molecule has 0 radical (unpaired) electrons. The van der Waals surface area contributed by atoms with Crippen LogP contribution in [-0.4, -0.2) is 6.54 Å². The van der Waals surface area contributed by atoms with Crippen LogP contribution in [0.2, 0.25) is 0 Å². The average Bonchev–Trinajstić information content (AvgIpc) is 2.66. The van der Waals surface area contributed by atoms with E-state index in [1.165, 1.54) is 30.4 Å². The second kappa shape index (κ2) is 7.08. The summed E-state index contributed by atoms with van der Waals surface area (Å²) >= 11 is 1.82. The minimum Gasteiger partial charge on any atom is -0.310 e. The van der Waals surface area contributed by atoms with Gasteiger partial charge in [-0.15, -0.1) is 0 Å². The van der Waals surface area contributed by atoms with Gasteiger partial charge in [0.25, 0.3) is 0 Å². The number of hydrogen-bond acceptors (Lipinski definition) is 2. The van der Waals surface area contributed by atoms with Crippen LogP contribution in [0.15, 0.2) is 10.8 Å². The zero-order valence-electron chi connectivity index (χ0n) is 11.0. The molecule has 16 heavy (non-hydrogen) atoms. The van der Waals surface area contributed by atoms with Crippen LogP contribution in [0.25, 0.3) is 0 Å². The largest absolute Gasteiger partial charge is 0.310 e. The molecule has 0 aromatic carbocycles. The summed E-state index contributed by atoms with van der Waals surface area (Å²) in [7, 11) is 0. The first-order valence-electron chi connectivity index (χ1n) is 6.46. The van der Waals surface area contributed by atoms with Gasteiger partial charge in [-0.25, -0.2) is 0 Å². The Labute approximate surface area is 104 Å². The van der Waals surface area contributed by atoms with Gasteiger partial charge in [0.2, 0.25) is 0 Å². The first-order chi connectivity index (χ1) is 7.70. The Morgan fingerprint density at radius 1 is 1.25 bits per heavy atom. The number of hydrogen-bond donors (Lipinski definition) is 1. The summed E-state index contributed by atoms with van der Waals surface area (Å²) in [6.45, 7) is 10.2. The standard InChI is InChI=1S/C14H25NS/c1-5-7-11(3)14(15-8-6-2)13-10-16-9-12(13)4/h9-11,14-15H,5-8H2,1-4H3. The van der Waals surface area contributed by atoms with Crippen molar-refractivity contribution in [3.8, 4) is 0 Å². The maximum atomic E-state index is 3.70. The van der Waals surface area contributed by atoms with Crippen molar-refractivity contribution < 1.29 is 0 Å². The Morgan fingerprint density at radius 2 is 2.00 bits per heavy atom. The van der Waals surface area contributed by atoms with E-state index in [2.05, 4.69) is 43.8 Å². The summed E-state index contributed by atoms with van der Waals surface area (Å²) in [5.74, 6) is 0.727. The lowest BCUT2D eigenvalue weighted by atomic mass is 9.90. The second-order valence-corrected chi connectivity index (χ2v) is 5.45. The van der Waals surface area contributed by atoms with E-state index >= 15 is 0 Å². The summed E-state index contributed by atoms with van der Waals surface area (Å²) in [5.41, 5.74) is 2.96. The molecule has 1 N–H and O–H groups in total. The quantitative estimate of drug-likeness (QED) is 0.737. The van der Waals surface area contributed by atoms with Gasteiger partial charge >= 0.3 is 0 Å². The van der Waals surface area contributed by atoms with Crippen LogP contribution in [-0.2, 0) is 0 Å². The first kappa shape index (κ1) is 13.7. The third-order valence-electron chi connectivity index (χ3n) is 3.16. The Bertz CT molecular complexity index is 293. The molecule has 0 aliphatic rings. The van der Waals surface area contributed by atoms with Gasteiger partial charge in [-0.05, 0) is 54.1 Å². The Morgan fingerprint density at radius 3 is 2.50 bits per heavy atom. The zero-order chi connectivity index (χ0) is 12.0. The molecule has 0 spiro atoms. The molecule has 1 aromatic rings. The third-order valence-corrected chi connectivity index (χ3v) is 4.04. The highest BCUT2D eigenvalue weighted by atomic mass is 32.1. The Hall–Kier alpha value is -0.340. The number of thiophene rings is 1. The Kier molecular flexibility index (Phi) is 6.07. The Balaban J connectivity index is 2.74. The molecule has 0 fully saturated rings. The third kappa shape index (κ3) is 3.60. The van der Waals surface area contributed by atoms with Crippen LogP contribution in [0.1, 0.15) is 57.2 Å². The smallest absolute Gasteiger partial charge is 0.0356 e. The number of rotatable bonds is 7. The van der Waals surface area contributed by atoms with E-state index in [1.54, 1.807) is 0 Å². The van der Waals surface area contributed by atoms with Gasteiger partial charge in [0.15, 0.2) is 0 Å². The van der Waals surface area contributed by atoms with Crippen molar-refractivity contribution in [2.75, 3.05) is 6.54 Å². The SMILES string of the molecule is CCCNC(c1cscc1C)C(C)CCC. The van der Waals surface area contributed by atoms with Gasteiger partial charge in [0.05, 0.1) is 0 Å². The predicted molar refractivity (Wildman–Crippen MR) is 74.2 cm³/mol. The fourth-order valence-corrected chi connectivity index (χ4v) is 3.12. The summed E-state index contributed by atoms with van der Waals surface area (Å²) in [4.78, 5) is 0. The highest BCUT2D eigenvalue weighted by Gasteiger charge is 2.19. The molecule has 1 heterocycles. The lowest BCUT2D eigenvalue weighted by molar-refractivity contribution is 0.363. The summed E-state index contributed by atoms with van der Waals surface area (Å²) < 4.78 is 0. The molecule has 0 aliphatic heterocycles. The summed E-state index contributed by atoms with van der Waals surface area (Å²) in [6, 6.07) is 0.547. The molecule has 1 aromatic heterocycles. The van der Waals surface area contributed by atoms with E-state index in [1.807, 2.05) is 11.3 Å². The molecular formula is C14H25NS. The molecule has 0 bridgehead atoms. The van der Waals surface area contributed by atoms with Crippen molar-refractivity contribution in [2.24, 2.45) is 5.92 Å². The maximum absolute atomic E-state index is 3.70. The normalized spacial score (nSPS) is 15.0. The first-order valence-corrected chi connectivity index (χ1v) is 7.41.